The fourth-order valence-electron chi connectivity index (χ4n) is 1.22. The van der Waals surface area contributed by atoms with Gasteiger partial charge in [0.2, 0.25) is 0 Å². The van der Waals surface area contributed by atoms with Gasteiger partial charge in [0.25, 0.3) is 0 Å². The van der Waals surface area contributed by atoms with Crippen LogP contribution in [0.1, 0.15) is 26.3 Å². The van der Waals surface area contributed by atoms with E-state index in [4.69, 9.17) is 14.6 Å². The molecule has 0 aliphatic carbocycles. The van der Waals surface area contributed by atoms with Crippen molar-refractivity contribution in [2.45, 2.75) is 27.4 Å². The summed E-state index contributed by atoms with van der Waals surface area (Å²) >= 11 is 0. The first-order valence-electron chi connectivity index (χ1n) is 6.09. The maximum Gasteiger partial charge on any atom is 0.160 e. The predicted octanol–water partition coefficient (Wildman–Crippen LogP) is 2.57. The van der Waals surface area contributed by atoms with Crippen molar-refractivity contribution in [1.29, 1.82) is 0 Å². The maximum absolute atomic E-state index is 9.38. The average molecular weight is 256 g/mol. The van der Waals surface area contributed by atoms with Gasteiger partial charge in [-0.25, -0.2) is 0 Å². The fourth-order valence-corrected chi connectivity index (χ4v) is 1.22. The minimum atomic E-state index is 0.158. The standard InChI is InChI=1S/C12H18O3.C2H6O/c1-9(2)7-15-8-10-4-5-11(13)12(6-10)14-3;1-2-3/h4-6,9,13H,7-8H2,1-3H3;3H,2H2,1H3. The van der Waals surface area contributed by atoms with Gasteiger partial charge in [0.05, 0.1) is 13.7 Å². The summed E-state index contributed by atoms with van der Waals surface area (Å²) in [7, 11) is 1.54. The number of methoxy groups -OCH3 is 1. The van der Waals surface area contributed by atoms with Crippen molar-refractivity contribution in [3.8, 4) is 11.5 Å². The molecule has 4 heteroatoms. The molecule has 0 saturated heterocycles. The van der Waals surface area contributed by atoms with Crippen molar-refractivity contribution in [2.24, 2.45) is 5.92 Å². The van der Waals surface area contributed by atoms with Gasteiger partial charge in [0.1, 0.15) is 0 Å². The molecule has 1 rings (SSSR count). The van der Waals surface area contributed by atoms with Gasteiger partial charge in [-0.15, -0.1) is 0 Å². The third-order valence-electron chi connectivity index (χ3n) is 1.96. The molecule has 0 amide bonds. The van der Waals surface area contributed by atoms with E-state index in [1.807, 2.05) is 6.07 Å². The third kappa shape index (κ3) is 7.14. The normalized spacial score (nSPS) is 9.89. The smallest absolute Gasteiger partial charge is 0.160 e. The predicted molar refractivity (Wildman–Crippen MR) is 71.9 cm³/mol. The molecule has 18 heavy (non-hydrogen) atoms. The zero-order valence-corrected chi connectivity index (χ0v) is 11.6. The van der Waals surface area contributed by atoms with E-state index in [0.717, 1.165) is 12.2 Å². The summed E-state index contributed by atoms with van der Waals surface area (Å²) in [4.78, 5) is 0. The summed E-state index contributed by atoms with van der Waals surface area (Å²) in [5.74, 6) is 1.18. The molecular formula is C14H24O4. The second-order valence-electron chi connectivity index (χ2n) is 4.23. The van der Waals surface area contributed by atoms with Gasteiger partial charge in [-0.1, -0.05) is 19.9 Å². The summed E-state index contributed by atoms with van der Waals surface area (Å²) in [5, 5.41) is 17.0. The van der Waals surface area contributed by atoms with Crippen molar-refractivity contribution >= 4 is 0 Å². The van der Waals surface area contributed by atoms with Crippen molar-refractivity contribution in [3.63, 3.8) is 0 Å². The molecule has 0 aromatic heterocycles. The average Bonchev–Trinajstić information content (AvgIpc) is 2.32. The monoisotopic (exact) mass is 256 g/mol. The van der Waals surface area contributed by atoms with Crippen LogP contribution < -0.4 is 4.74 Å². The minimum absolute atomic E-state index is 0.158. The molecule has 0 saturated carbocycles. The first kappa shape index (κ1) is 16.7. The molecule has 0 unspecified atom stereocenters. The minimum Gasteiger partial charge on any atom is -0.504 e. The number of phenols is 1. The highest BCUT2D eigenvalue weighted by Gasteiger charge is 2.03. The molecule has 4 nitrogen and oxygen atoms in total. The molecule has 104 valence electrons. The Kier molecular flexibility index (Phi) is 9.06. The summed E-state index contributed by atoms with van der Waals surface area (Å²) < 4.78 is 10.5. The molecule has 0 aliphatic heterocycles. The lowest BCUT2D eigenvalue weighted by Gasteiger charge is -2.09. The van der Waals surface area contributed by atoms with E-state index >= 15 is 0 Å². The molecule has 0 bridgehead atoms. The molecule has 0 heterocycles. The van der Waals surface area contributed by atoms with Gasteiger partial charge in [-0.05, 0) is 30.5 Å². The van der Waals surface area contributed by atoms with E-state index in [1.165, 1.54) is 7.11 Å². The fraction of sp³-hybridized carbons (Fsp3) is 0.571. The van der Waals surface area contributed by atoms with Crippen molar-refractivity contribution in [3.05, 3.63) is 23.8 Å². The Morgan fingerprint density at radius 1 is 1.28 bits per heavy atom. The van der Waals surface area contributed by atoms with E-state index < -0.39 is 0 Å². The quantitative estimate of drug-likeness (QED) is 0.850. The van der Waals surface area contributed by atoms with Crippen LogP contribution in [-0.4, -0.2) is 30.5 Å². The van der Waals surface area contributed by atoms with Crippen LogP contribution in [0.15, 0.2) is 18.2 Å². The highest BCUT2D eigenvalue weighted by Crippen LogP contribution is 2.26. The first-order valence-corrected chi connectivity index (χ1v) is 6.09. The zero-order valence-electron chi connectivity index (χ0n) is 11.6. The van der Waals surface area contributed by atoms with Gasteiger partial charge in [-0.2, -0.15) is 0 Å². The van der Waals surface area contributed by atoms with Gasteiger partial charge in [-0.3, -0.25) is 0 Å². The molecular weight excluding hydrogens is 232 g/mol. The first-order chi connectivity index (χ1) is 8.54. The number of ether oxygens (including phenoxy) is 2. The molecule has 1 aromatic carbocycles. The molecule has 1 aromatic rings. The Bertz CT molecular complexity index is 324. The van der Waals surface area contributed by atoms with Gasteiger partial charge in [0.15, 0.2) is 11.5 Å². The van der Waals surface area contributed by atoms with E-state index in [-0.39, 0.29) is 12.4 Å². The zero-order chi connectivity index (χ0) is 14.0. The molecule has 0 spiro atoms. The number of hydrogen-bond donors (Lipinski definition) is 2. The van der Waals surface area contributed by atoms with Crippen LogP contribution >= 0.6 is 0 Å². The summed E-state index contributed by atoms with van der Waals surface area (Å²) in [6, 6.07) is 5.24. The van der Waals surface area contributed by atoms with Crippen molar-refractivity contribution in [1.82, 2.24) is 0 Å². The van der Waals surface area contributed by atoms with Crippen LogP contribution in [0, 0.1) is 5.92 Å². The lowest BCUT2D eigenvalue weighted by atomic mass is 10.2. The number of benzene rings is 1. The largest absolute Gasteiger partial charge is 0.504 e. The number of phenolic OH excluding ortho intramolecular Hbond substituents is 1. The van der Waals surface area contributed by atoms with Crippen LogP contribution in [0.25, 0.3) is 0 Å². The van der Waals surface area contributed by atoms with Crippen LogP contribution in [0.2, 0.25) is 0 Å². The molecule has 0 aliphatic rings. The van der Waals surface area contributed by atoms with Crippen molar-refractivity contribution < 1.29 is 19.7 Å². The number of aliphatic hydroxyl groups excluding tert-OH is 1. The van der Waals surface area contributed by atoms with E-state index in [9.17, 15) is 5.11 Å². The van der Waals surface area contributed by atoms with Gasteiger partial charge >= 0.3 is 0 Å². The SMILES string of the molecule is CCO.COc1cc(COCC(C)C)ccc1O. The molecule has 0 atom stereocenters. The van der Waals surface area contributed by atoms with E-state index in [1.54, 1.807) is 19.1 Å². The second-order valence-corrected chi connectivity index (χ2v) is 4.23. The lowest BCUT2D eigenvalue weighted by Crippen LogP contribution is -2.01. The molecule has 2 N–H and O–H groups in total. The van der Waals surface area contributed by atoms with E-state index in [2.05, 4.69) is 13.8 Å². The Balaban J connectivity index is 0.000000873. The number of aliphatic hydroxyl groups is 1. The van der Waals surface area contributed by atoms with Gasteiger partial charge < -0.3 is 19.7 Å². The topological polar surface area (TPSA) is 58.9 Å². The van der Waals surface area contributed by atoms with Gasteiger partial charge in [0, 0.05) is 13.2 Å². The summed E-state index contributed by atoms with van der Waals surface area (Å²) in [6.45, 7) is 7.44. The van der Waals surface area contributed by atoms with Crippen LogP contribution in [0.3, 0.4) is 0 Å². The lowest BCUT2D eigenvalue weighted by molar-refractivity contribution is 0.0969. The Morgan fingerprint density at radius 2 is 1.89 bits per heavy atom. The second kappa shape index (κ2) is 9.74. The Hall–Kier alpha value is -1.26. The number of aromatic hydroxyl groups is 1. The Morgan fingerprint density at radius 3 is 2.39 bits per heavy atom. The maximum atomic E-state index is 9.38. The highest BCUT2D eigenvalue weighted by atomic mass is 16.5. The van der Waals surface area contributed by atoms with Crippen LogP contribution in [-0.2, 0) is 11.3 Å². The Labute approximate surface area is 109 Å². The molecule has 0 radical (unpaired) electrons. The number of rotatable bonds is 5. The van der Waals surface area contributed by atoms with Crippen molar-refractivity contribution in [2.75, 3.05) is 20.3 Å². The summed E-state index contributed by atoms with van der Waals surface area (Å²) in [5.41, 5.74) is 1.00. The van der Waals surface area contributed by atoms with Crippen LogP contribution in [0.5, 0.6) is 11.5 Å². The highest BCUT2D eigenvalue weighted by molar-refractivity contribution is 5.41. The summed E-state index contributed by atoms with van der Waals surface area (Å²) in [6.07, 6.45) is 0. The molecule has 0 fully saturated rings. The van der Waals surface area contributed by atoms with E-state index in [0.29, 0.717) is 18.3 Å². The number of hydrogen-bond acceptors (Lipinski definition) is 4. The van der Waals surface area contributed by atoms with Crippen LogP contribution in [0.4, 0.5) is 0 Å². The third-order valence-corrected chi connectivity index (χ3v) is 1.96.